The van der Waals surface area contributed by atoms with E-state index in [0.29, 0.717) is 53.8 Å². The Hall–Kier alpha value is -3.06. The second kappa shape index (κ2) is 12.7. The van der Waals surface area contributed by atoms with Crippen molar-refractivity contribution < 1.29 is 20.1 Å². The number of hydrogen-bond donors (Lipinski definition) is 4. The Kier molecular flexibility index (Phi) is 8.75. The van der Waals surface area contributed by atoms with E-state index in [-0.39, 0.29) is 28.7 Å². The summed E-state index contributed by atoms with van der Waals surface area (Å²) in [5.74, 6) is 4.10. The van der Waals surface area contributed by atoms with Gasteiger partial charge in [0, 0.05) is 18.1 Å². The summed E-state index contributed by atoms with van der Waals surface area (Å²) >= 11 is 0. The van der Waals surface area contributed by atoms with Crippen LogP contribution in [0.25, 0.3) is 0 Å². The Morgan fingerprint density at radius 1 is 0.905 bits per heavy atom. The summed E-state index contributed by atoms with van der Waals surface area (Å²) in [6.45, 7) is 4.95. The molecular formula is C35H47N3O4. The summed E-state index contributed by atoms with van der Waals surface area (Å²) < 4.78 is 6.36. The summed E-state index contributed by atoms with van der Waals surface area (Å²) in [5.41, 5.74) is 1.33. The minimum Gasteiger partial charge on any atom is -0.508 e. The number of aliphatic imine (C=N–C) groups is 2. The van der Waals surface area contributed by atoms with Crippen LogP contribution in [0.1, 0.15) is 83.6 Å². The van der Waals surface area contributed by atoms with Crippen LogP contribution in [0.4, 0.5) is 0 Å². The van der Waals surface area contributed by atoms with Crippen LogP contribution in [0, 0.1) is 41.4 Å². The van der Waals surface area contributed by atoms with Gasteiger partial charge < -0.3 is 25.4 Å². The summed E-state index contributed by atoms with van der Waals surface area (Å²) in [7, 11) is 0. The minimum atomic E-state index is -0.791. The number of aromatic hydroxyl groups is 3. The lowest BCUT2D eigenvalue weighted by Gasteiger charge is -2.51. The molecule has 1 aliphatic heterocycles. The zero-order valence-electron chi connectivity index (χ0n) is 25.1. The number of nitrogens with zero attached hydrogens (tertiary/aromatic N) is 2. The number of rotatable bonds is 9. The van der Waals surface area contributed by atoms with E-state index in [1.54, 1.807) is 0 Å². The number of benzene rings is 1. The number of phenolic OH excluding ortho intramolecular Hbond substituents is 3. The Balaban J connectivity index is 1.37. The molecule has 1 aromatic rings. The van der Waals surface area contributed by atoms with Gasteiger partial charge in [-0.15, -0.1) is 0 Å². The van der Waals surface area contributed by atoms with Gasteiger partial charge in [0.2, 0.25) is 6.35 Å². The molecular weight excluding hydrogens is 526 g/mol. The van der Waals surface area contributed by atoms with Crippen molar-refractivity contribution in [1.82, 2.24) is 5.32 Å². The van der Waals surface area contributed by atoms with Crippen LogP contribution in [0.5, 0.6) is 17.2 Å². The Morgan fingerprint density at radius 2 is 1.64 bits per heavy atom. The van der Waals surface area contributed by atoms with Gasteiger partial charge in [-0.25, -0.2) is 9.98 Å². The first kappa shape index (κ1) is 29.0. The van der Waals surface area contributed by atoms with Gasteiger partial charge in [-0.3, -0.25) is 0 Å². The molecule has 8 atom stereocenters. The van der Waals surface area contributed by atoms with Crippen LogP contribution in [-0.4, -0.2) is 39.9 Å². The summed E-state index contributed by atoms with van der Waals surface area (Å²) in [6, 6.07) is 2.45. The summed E-state index contributed by atoms with van der Waals surface area (Å²) in [5, 5.41) is 34.9. The van der Waals surface area contributed by atoms with E-state index in [2.05, 4.69) is 49.5 Å². The van der Waals surface area contributed by atoms with Crippen LogP contribution >= 0.6 is 0 Å². The van der Waals surface area contributed by atoms with Crippen molar-refractivity contribution in [3.63, 3.8) is 0 Å². The van der Waals surface area contributed by atoms with E-state index in [1.165, 1.54) is 43.4 Å². The van der Waals surface area contributed by atoms with E-state index < -0.39 is 6.35 Å². The molecule has 6 rings (SSSR count). The second-order valence-electron chi connectivity index (χ2n) is 13.0. The molecule has 42 heavy (non-hydrogen) atoms. The third kappa shape index (κ3) is 5.77. The van der Waals surface area contributed by atoms with Gasteiger partial charge in [0.1, 0.15) is 34.5 Å². The number of ether oxygens (including phenoxy) is 1. The molecule has 1 heterocycles. The predicted molar refractivity (Wildman–Crippen MR) is 167 cm³/mol. The Bertz CT molecular complexity index is 1270. The quantitative estimate of drug-likeness (QED) is 0.234. The van der Waals surface area contributed by atoms with Gasteiger partial charge >= 0.3 is 0 Å². The molecule has 1 aromatic carbocycles. The monoisotopic (exact) mass is 573 g/mol. The van der Waals surface area contributed by atoms with Crippen molar-refractivity contribution in [2.24, 2.45) is 51.4 Å². The summed E-state index contributed by atoms with van der Waals surface area (Å²) in [6.07, 6.45) is 23.0. The molecule has 7 heteroatoms. The van der Waals surface area contributed by atoms with Crippen LogP contribution in [0.3, 0.4) is 0 Å². The fraction of sp³-hybridized carbons (Fsp3) is 0.600. The lowest BCUT2D eigenvalue weighted by atomic mass is 9.54. The van der Waals surface area contributed by atoms with Gasteiger partial charge in [-0.05, 0) is 86.0 Å². The van der Waals surface area contributed by atoms with Crippen molar-refractivity contribution in [2.45, 2.75) is 84.4 Å². The van der Waals surface area contributed by atoms with Crippen molar-refractivity contribution >= 4 is 11.7 Å². The molecule has 0 aromatic heterocycles. The van der Waals surface area contributed by atoms with Crippen molar-refractivity contribution in [3.8, 4) is 17.2 Å². The first-order valence-electron chi connectivity index (χ1n) is 16.3. The van der Waals surface area contributed by atoms with Crippen molar-refractivity contribution in [2.75, 3.05) is 6.61 Å². The Morgan fingerprint density at radius 3 is 2.40 bits per heavy atom. The van der Waals surface area contributed by atoms with Crippen molar-refractivity contribution in [1.29, 1.82) is 0 Å². The first-order valence-corrected chi connectivity index (χ1v) is 16.3. The normalized spacial score (nSPS) is 32.4. The highest BCUT2D eigenvalue weighted by molar-refractivity contribution is 6.17. The van der Waals surface area contributed by atoms with E-state index >= 15 is 0 Å². The molecule has 226 valence electrons. The highest BCUT2D eigenvalue weighted by Crippen LogP contribution is 2.54. The number of fused-ring (bicyclic) bond motifs is 5. The topological polar surface area (TPSA) is 107 Å². The molecule has 8 unspecified atom stereocenters. The minimum absolute atomic E-state index is 0.145. The first-order chi connectivity index (χ1) is 20.5. The number of nitrogens with one attached hydrogen (secondary N) is 1. The second-order valence-corrected chi connectivity index (χ2v) is 13.0. The number of amidine groups is 2. The maximum atomic E-state index is 10.8. The van der Waals surface area contributed by atoms with E-state index in [9.17, 15) is 15.3 Å². The van der Waals surface area contributed by atoms with E-state index in [1.807, 2.05) is 0 Å². The van der Waals surface area contributed by atoms with Gasteiger partial charge in [-0.1, -0.05) is 63.5 Å². The third-order valence-electron chi connectivity index (χ3n) is 10.5. The molecule has 4 N–H and O–H groups in total. The van der Waals surface area contributed by atoms with E-state index in [0.717, 1.165) is 38.5 Å². The molecule has 0 radical (unpaired) electrons. The maximum absolute atomic E-state index is 10.8. The SMILES string of the molecule is CCCCC(CC)COC1N=C(C2=CC3C4CCC=CC4CCC3C3CCC=CC23)NC(c2c(O)cc(O)cc2O)=N1. The molecule has 0 amide bonds. The van der Waals surface area contributed by atoms with Crippen LogP contribution in [-0.2, 0) is 4.74 Å². The largest absolute Gasteiger partial charge is 0.508 e. The number of phenols is 3. The lowest BCUT2D eigenvalue weighted by molar-refractivity contribution is 0.0351. The number of allylic oxidation sites excluding steroid dienone is 5. The number of hydrogen-bond acceptors (Lipinski definition) is 7. The fourth-order valence-corrected chi connectivity index (χ4v) is 8.30. The molecule has 4 aliphatic carbocycles. The standard InChI is InChI=1S/C35H47N3O4/c1-3-5-10-21(4-2)20-42-35-37-33(36-34(38-35)32-30(40)17-23(39)18-31(32)41)29-19-28-24-12-7-6-11-22(24)15-16-27(28)25-13-8-9-14-26(25)29/h6,9,11,14,17-19,21-22,24-28,35,39-41H,3-5,7-8,10,12-13,15-16,20H2,1-2H3,(H,36,37,38). The lowest BCUT2D eigenvalue weighted by Crippen LogP contribution is -2.47. The number of unbranched alkanes of at least 4 members (excludes halogenated alkanes) is 1. The molecule has 1 fully saturated rings. The zero-order chi connectivity index (χ0) is 29.2. The van der Waals surface area contributed by atoms with Crippen LogP contribution < -0.4 is 5.32 Å². The van der Waals surface area contributed by atoms with Gasteiger partial charge in [0.25, 0.3) is 0 Å². The predicted octanol–water partition coefficient (Wildman–Crippen LogP) is 7.20. The van der Waals surface area contributed by atoms with Gasteiger partial charge in [0.05, 0.1) is 6.61 Å². The molecule has 0 saturated heterocycles. The van der Waals surface area contributed by atoms with Crippen LogP contribution in [0.2, 0.25) is 0 Å². The average Bonchev–Trinajstić information content (AvgIpc) is 3.00. The summed E-state index contributed by atoms with van der Waals surface area (Å²) in [4.78, 5) is 9.77. The van der Waals surface area contributed by atoms with Crippen molar-refractivity contribution in [3.05, 3.63) is 53.6 Å². The Labute approximate surface area is 250 Å². The van der Waals surface area contributed by atoms with E-state index in [4.69, 9.17) is 14.7 Å². The highest BCUT2D eigenvalue weighted by atomic mass is 16.5. The smallest absolute Gasteiger partial charge is 0.249 e. The molecule has 0 bridgehead atoms. The maximum Gasteiger partial charge on any atom is 0.249 e. The molecule has 1 saturated carbocycles. The molecule has 7 nitrogen and oxygen atoms in total. The van der Waals surface area contributed by atoms with Crippen LogP contribution in [0.15, 0.2) is 58.1 Å². The third-order valence-corrected chi connectivity index (χ3v) is 10.5. The molecule has 0 spiro atoms. The van der Waals surface area contributed by atoms with Gasteiger partial charge in [-0.2, -0.15) is 0 Å². The average molecular weight is 574 g/mol. The van der Waals surface area contributed by atoms with Gasteiger partial charge in [0.15, 0.2) is 0 Å². The zero-order valence-corrected chi connectivity index (χ0v) is 25.1. The fourth-order valence-electron chi connectivity index (χ4n) is 8.30. The highest BCUT2D eigenvalue weighted by Gasteiger charge is 2.47. The molecule has 5 aliphatic rings.